The third-order valence-corrected chi connectivity index (χ3v) is 5.26. The minimum absolute atomic E-state index is 0.0308. The summed E-state index contributed by atoms with van der Waals surface area (Å²) < 4.78 is 10.9. The van der Waals surface area contributed by atoms with Crippen molar-refractivity contribution in [1.29, 1.82) is 0 Å². The highest BCUT2D eigenvalue weighted by molar-refractivity contribution is 5.92. The normalized spacial score (nSPS) is 11.9. The van der Waals surface area contributed by atoms with E-state index in [0.717, 1.165) is 39.0 Å². The largest absolute Gasteiger partial charge is 0.493 e. The summed E-state index contributed by atoms with van der Waals surface area (Å²) in [5, 5.41) is 4.44. The van der Waals surface area contributed by atoms with Crippen LogP contribution in [-0.2, 0) is 0 Å². The quantitative estimate of drug-likeness (QED) is 0.449. The number of anilines is 1. The summed E-state index contributed by atoms with van der Waals surface area (Å²) in [6.07, 6.45) is 3.76. The Morgan fingerprint density at radius 2 is 1.65 bits per heavy atom. The Morgan fingerprint density at radius 1 is 0.871 bits per heavy atom. The van der Waals surface area contributed by atoms with E-state index >= 15 is 0 Å². The maximum absolute atomic E-state index is 5.48. The van der Waals surface area contributed by atoms with Gasteiger partial charge in [0.2, 0.25) is 0 Å². The Morgan fingerprint density at radius 3 is 2.39 bits per heavy atom. The van der Waals surface area contributed by atoms with Crippen molar-refractivity contribution < 1.29 is 9.47 Å². The first-order chi connectivity index (χ1) is 15.0. The van der Waals surface area contributed by atoms with Crippen LogP contribution in [0.25, 0.3) is 22.0 Å². The Bertz CT molecular complexity index is 1240. The predicted octanol–water partition coefficient (Wildman–Crippen LogP) is 5.50. The number of rotatable bonds is 6. The summed E-state index contributed by atoms with van der Waals surface area (Å²) >= 11 is 0. The highest BCUT2D eigenvalue weighted by Gasteiger charge is 2.15. The zero-order valence-electron chi connectivity index (χ0n) is 18.4. The van der Waals surface area contributed by atoms with E-state index in [1.54, 1.807) is 14.2 Å². The molecule has 0 saturated carbocycles. The summed E-state index contributed by atoms with van der Waals surface area (Å²) in [7, 11) is 3.25. The van der Waals surface area contributed by atoms with Crippen LogP contribution in [0.5, 0.6) is 11.5 Å². The Balaban J connectivity index is 1.70. The molecule has 158 valence electrons. The van der Waals surface area contributed by atoms with Gasteiger partial charge in [-0.25, -0.2) is 9.97 Å². The Hall–Kier alpha value is -3.67. The van der Waals surface area contributed by atoms with Crippen LogP contribution in [0.3, 0.4) is 0 Å². The maximum atomic E-state index is 5.48. The Labute approximate surface area is 182 Å². The zero-order chi connectivity index (χ0) is 22.0. The first-order valence-corrected chi connectivity index (χ1v) is 10.2. The van der Waals surface area contributed by atoms with E-state index in [1.165, 1.54) is 0 Å². The molecule has 0 aliphatic heterocycles. The fourth-order valence-corrected chi connectivity index (χ4v) is 3.67. The van der Waals surface area contributed by atoms with Crippen LogP contribution in [0.4, 0.5) is 5.82 Å². The lowest BCUT2D eigenvalue weighted by molar-refractivity contribution is 0.356. The number of fused-ring (bicyclic) bond motifs is 1. The summed E-state index contributed by atoms with van der Waals surface area (Å²) in [5.41, 5.74) is 5.34. The fraction of sp³-hybridized carbons (Fsp3) is 0.240. The van der Waals surface area contributed by atoms with Gasteiger partial charge in [0.25, 0.3) is 0 Å². The van der Waals surface area contributed by atoms with Crippen molar-refractivity contribution in [3.8, 4) is 22.6 Å². The van der Waals surface area contributed by atoms with E-state index in [0.29, 0.717) is 17.3 Å². The average molecular weight is 415 g/mol. The van der Waals surface area contributed by atoms with Crippen LogP contribution in [0.2, 0.25) is 0 Å². The van der Waals surface area contributed by atoms with Crippen LogP contribution < -0.4 is 14.8 Å². The van der Waals surface area contributed by atoms with E-state index in [2.05, 4.69) is 64.4 Å². The first kappa shape index (κ1) is 20.6. The van der Waals surface area contributed by atoms with Crippen molar-refractivity contribution in [2.24, 2.45) is 0 Å². The molecule has 2 aromatic heterocycles. The van der Waals surface area contributed by atoms with Crippen molar-refractivity contribution >= 4 is 16.7 Å². The van der Waals surface area contributed by atoms with Crippen molar-refractivity contribution in [2.45, 2.75) is 26.8 Å². The number of hydrogen-bond acceptors (Lipinski definition) is 6. The molecule has 6 heteroatoms. The van der Waals surface area contributed by atoms with E-state index in [1.807, 2.05) is 31.5 Å². The molecule has 2 aromatic carbocycles. The summed E-state index contributed by atoms with van der Waals surface area (Å²) in [6, 6.07) is 14.4. The molecule has 4 rings (SSSR count). The van der Waals surface area contributed by atoms with E-state index in [-0.39, 0.29) is 6.04 Å². The number of benzene rings is 2. The average Bonchev–Trinajstić information content (AvgIpc) is 2.78. The molecule has 31 heavy (non-hydrogen) atoms. The smallest absolute Gasteiger partial charge is 0.162 e. The second-order valence-electron chi connectivity index (χ2n) is 7.59. The molecule has 0 fully saturated rings. The van der Waals surface area contributed by atoms with Crippen LogP contribution >= 0.6 is 0 Å². The number of aryl methyl sites for hydroxylation is 2. The van der Waals surface area contributed by atoms with Gasteiger partial charge in [0.15, 0.2) is 11.5 Å². The number of pyridine rings is 1. The lowest BCUT2D eigenvalue weighted by Gasteiger charge is -2.18. The maximum Gasteiger partial charge on any atom is 0.162 e. The third kappa shape index (κ3) is 4.28. The topological polar surface area (TPSA) is 69.2 Å². The molecule has 1 atom stereocenters. The number of nitrogens with zero attached hydrogens (tertiary/aromatic N) is 3. The van der Waals surface area contributed by atoms with Gasteiger partial charge in [-0.3, -0.25) is 4.98 Å². The minimum Gasteiger partial charge on any atom is -0.493 e. The van der Waals surface area contributed by atoms with Crippen molar-refractivity contribution in [2.75, 3.05) is 19.5 Å². The predicted molar refractivity (Wildman–Crippen MR) is 124 cm³/mol. The van der Waals surface area contributed by atoms with Crippen LogP contribution in [0.15, 0.2) is 54.9 Å². The highest BCUT2D eigenvalue weighted by Crippen LogP contribution is 2.35. The van der Waals surface area contributed by atoms with Gasteiger partial charge in [-0.1, -0.05) is 18.2 Å². The second kappa shape index (κ2) is 8.60. The number of aromatic nitrogens is 3. The van der Waals surface area contributed by atoms with Gasteiger partial charge in [0.05, 0.1) is 19.7 Å². The SMILES string of the molecule is COc1cc2nc(C)nc(NC(C)c3cccc(-c4cncc(C)c4)c3)c2cc1OC. The van der Waals surface area contributed by atoms with E-state index in [4.69, 9.17) is 9.47 Å². The second-order valence-corrected chi connectivity index (χ2v) is 7.59. The molecule has 0 saturated heterocycles. The number of hydrogen-bond donors (Lipinski definition) is 1. The molecule has 1 N–H and O–H groups in total. The molecule has 2 heterocycles. The lowest BCUT2D eigenvalue weighted by atomic mass is 10.0. The van der Waals surface area contributed by atoms with E-state index < -0.39 is 0 Å². The summed E-state index contributed by atoms with van der Waals surface area (Å²) in [5.74, 6) is 2.74. The van der Waals surface area contributed by atoms with Crippen molar-refractivity contribution in [1.82, 2.24) is 15.0 Å². The van der Waals surface area contributed by atoms with Gasteiger partial charge in [-0.05, 0) is 55.7 Å². The van der Waals surface area contributed by atoms with Crippen LogP contribution in [0, 0.1) is 13.8 Å². The molecule has 1 unspecified atom stereocenters. The van der Waals surface area contributed by atoms with Crippen LogP contribution in [-0.4, -0.2) is 29.2 Å². The molecule has 0 aliphatic carbocycles. The van der Waals surface area contributed by atoms with Gasteiger partial charge in [-0.2, -0.15) is 0 Å². The fourth-order valence-electron chi connectivity index (χ4n) is 3.67. The van der Waals surface area contributed by atoms with Gasteiger partial charge >= 0.3 is 0 Å². The molecule has 0 radical (unpaired) electrons. The Kier molecular flexibility index (Phi) is 5.71. The zero-order valence-corrected chi connectivity index (χ0v) is 18.4. The summed E-state index contributed by atoms with van der Waals surface area (Å²) in [4.78, 5) is 13.6. The molecular weight excluding hydrogens is 388 g/mol. The molecule has 0 spiro atoms. The number of methoxy groups -OCH3 is 2. The molecule has 4 aromatic rings. The van der Waals surface area contributed by atoms with Gasteiger partial charge in [0.1, 0.15) is 11.6 Å². The molecular formula is C25H26N4O2. The monoisotopic (exact) mass is 414 g/mol. The van der Waals surface area contributed by atoms with Gasteiger partial charge < -0.3 is 14.8 Å². The standard InChI is InChI=1S/C25H26N4O2/c1-15-9-20(14-26-13-15)19-8-6-7-18(10-19)16(2)27-25-21-11-23(30-4)24(31-5)12-22(21)28-17(3)29-25/h6-14,16H,1-5H3,(H,27,28,29). The molecule has 0 amide bonds. The first-order valence-electron chi connectivity index (χ1n) is 10.2. The summed E-state index contributed by atoms with van der Waals surface area (Å²) in [6.45, 7) is 6.06. The molecule has 0 bridgehead atoms. The van der Waals surface area contributed by atoms with Crippen molar-refractivity contribution in [3.63, 3.8) is 0 Å². The van der Waals surface area contributed by atoms with Gasteiger partial charge in [0, 0.05) is 35.5 Å². The number of ether oxygens (including phenoxy) is 2. The number of nitrogens with one attached hydrogen (secondary N) is 1. The van der Waals surface area contributed by atoms with Crippen molar-refractivity contribution in [3.05, 3.63) is 71.8 Å². The lowest BCUT2D eigenvalue weighted by Crippen LogP contribution is -2.10. The van der Waals surface area contributed by atoms with Gasteiger partial charge in [-0.15, -0.1) is 0 Å². The molecule has 6 nitrogen and oxygen atoms in total. The van der Waals surface area contributed by atoms with E-state index in [9.17, 15) is 0 Å². The highest BCUT2D eigenvalue weighted by atomic mass is 16.5. The minimum atomic E-state index is 0.0308. The molecule has 0 aliphatic rings. The third-order valence-electron chi connectivity index (χ3n) is 5.26. The van der Waals surface area contributed by atoms with Crippen LogP contribution in [0.1, 0.15) is 29.9 Å².